The van der Waals surface area contributed by atoms with Gasteiger partial charge in [-0.3, -0.25) is 0 Å². The van der Waals surface area contributed by atoms with Gasteiger partial charge in [0.15, 0.2) is 0 Å². The molecule has 0 aromatic rings. The molecule has 0 rings (SSSR count). The standard InChI is InChI=1S/C10H14S/c1-4-6-7-10(3)8-9-11-5-2/h4-5,7-9H,1-2,6H2,3H3. The van der Waals surface area contributed by atoms with Crippen LogP contribution in [0.15, 0.2) is 47.8 Å². The normalized spacial score (nSPS) is 11.9. The highest BCUT2D eigenvalue weighted by Gasteiger charge is 1.78. The van der Waals surface area contributed by atoms with Crippen molar-refractivity contribution in [3.05, 3.63) is 47.8 Å². The second-order valence-electron chi connectivity index (χ2n) is 2.08. The van der Waals surface area contributed by atoms with Crippen LogP contribution in [0, 0.1) is 0 Å². The van der Waals surface area contributed by atoms with Crippen molar-refractivity contribution in [2.75, 3.05) is 0 Å². The van der Waals surface area contributed by atoms with Crippen LogP contribution in [0.2, 0.25) is 0 Å². The molecule has 0 heterocycles. The second-order valence-corrected chi connectivity index (χ2v) is 2.96. The van der Waals surface area contributed by atoms with Gasteiger partial charge in [0, 0.05) is 0 Å². The topological polar surface area (TPSA) is 0 Å². The molecule has 0 spiro atoms. The SMILES string of the molecule is C=CCC=C(C)C=CSC=C. The van der Waals surface area contributed by atoms with Crippen molar-refractivity contribution in [1.82, 2.24) is 0 Å². The molecule has 11 heavy (non-hydrogen) atoms. The Hall–Kier alpha value is -0.690. The molecule has 0 amide bonds. The van der Waals surface area contributed by atoms with Gasteiger partial charge in [-0.2, -0.15) is 0 Å². The monoisotopic (exact) mass is 166 g/mol. The van der Waals surface area contributed by atoms with Crippen LogP contribution in [0.3, 0.4) is 0 Å². The van der Waals surface area contributed by atoms with Crippen LogP contribution in [-0.2, 0) is 0 Å². The quantitative estimate of drug-likeness (QED) is 0.441. The Kier molecular flexibility index (Phi) is 6.95. The fourth-order valence-corrected chi connectivity index (χ4v) is 0.944. The van der Waals surface area contributed by atoms with Gasteiger partial charge in [-0.1, -0.05) is 30.4 Å². The fourth-order valence-electron chi connectivity index (χ4n) is 0.539. The van der Waals surface area contributed by atoms with Gasteiger partial charge in [0.1, 0.15) is 0 Å². The summed E-state index contributed by atoms with van der Waals surface area (Å²) in [4.78, 5) is 0. The highest BCUT2D eigenvalue weighted by Crippen LogP contribution is 2.05. The molecule has 0 saturated carbocycles. The predicted octanol–water partition coefficient (Wildman–Crippen LogP) is 3.90. The first-order valence-corrected chi connectivity index (χ1v) is 4.46. The minimum atomic E-state index is 0.939. The van der Waals surface area contributed by atoms with Crippen LogP contribution >= 0.6 is 11.8 Å². The number of hydrogen-bond acceptors (Lipinski definition) is 1. The van der Waals surface area contributed by atoms with E-state index in [1.165, 1.54) is 5.57 Å². The molecule has 0 atom stereocenters. The van der Waals surface area contributed by atoms with Crippen LogP contribution in [0.25, 0.3) is 0 Å². The molecule has 0 aliphatic rings. The van der Waals surface area contributed by atoms with E-state index in [4.69, 9.17) is 0 Å². The summed E-state index contributed by atoms with van der Waals surface area (Å²) >= 11 is 1.59. The maximum atomic E-state index is 3.64. The van der Waals surface area contributed by atoms with Gasteiger partial charge in [-0.25, -0.2) is 0 Å². The summed E-state index contributed by atoms with van der Waals surface area (Å²) in [6.45, 7) is 9.31. The van der Waals surface area contributed by atoms with E-state index < -0.39 is 0 Å². The molecule has 1 heteroatoms. The van der Waals surface area contributed by atoms with Crippen molar-refractivity contribution >= 4 is 11.8 Å². The molecular weight excluding hydrogens is 152 g/mol. The van der Waals surface area contributed by atoms with Gasteiger partial charge in [0.2, 0.25) is 0 Å². The van der Waals surface area contributed by atoms with Gasteiger partial charge in [0.05, 0.1) is 0 Å². The highest BCUT2D eigenvalue weighted by molar-refractivity contribution is 8.04. The van der Waals surface area contributed by atoms with E-state index in [2.05, 4.69) is 32.2 Å². The van der Waals surface area contributed by atoms with Crippen molar-refractivity contribution in [1.29, 1.82) is 0 Å². The van der Waals surface area contributed by atoms with Crippen LogP contribution < -0.4 is 0 Å². The molecule has 0 unspecified atom stereocenters. The molecule has 0 aliphatic heterocycles. The van der Waals surface area contributed by atoms with E-state index in [0.29, 0.717) is 0 Å². The van der Waals surface area contributed by atoms with Crippen molar-refractivity contribution in [2.24, 2.45) is 0 Å². The van der Waals surface area contributed by atoms with Crippen molar-refractivity contribution in [3.63, 3.8) is 0 Å². The van der Waals surface area contributed by atoms with E-state index in [0.717, 1.165) is 6.42 Å². The summed E-state index contributed by atoms with van der Waals surface area (Å²) in [6.07, 6.45) is 7.02. The Balaban J connectivity index is 3.73. The Morgan fingerprint density at radius 2 is 2.18 bits per heavy atom. The average molecular weight is 166 g/mol. The lowest BCUT2D eigenvalue weighted by Gasteiger charge is -1.88. The minimum Gasteiger partial charge on any atom is -0.107 e. The molecule has 0 aromatic heterocycles. The molecule has 0 aliphatic carbocycles. The summed E-state index contributed by atoms with van der Waals surface area (Å²) in [5.41, 5.74) is 1.26. The van der Waals surface area contributed by atoms with E-state index in [-0.39, 0.29) is 0 Å². The minimum absolute atomic E-state index is 0.939. The Morgan fingerprint density at radius 3 is 2.73 bits per heavy atom. The summed E-state index contributed by atoms with van der Waals surface area (Å²) in [5, 5.41) is 3.82. The Bertz CT molecular complexity index is 175. The van der Waals surface area contributed by atoms with Crippen molar-refractivity contribution < 1.29 is 0 Å². The van der Waals surface area contributed by atoms with Gasteiger partial charge in [-0.15, -0.1) is 18.3 Å². The van der Waals surface area contributed by atoms with Gasteiger partial charge >= 0.3 is 0 Å². The first-order chi connectivity index (χ1) is 5.31. The third kappa shape index (κ3) is 7.20. The Morgan fingerprint density at radius 1 is 1.45 bits per heavy atom. The summed E-state index contributed by atoms with van der Waals surface area (Å²) in [7, 11) is 0. The maximum Gasteiger partial charge on any atom is -0.0166 e. The lowest BCUT2D eigenvalue weighted by Crippen LogP contribution is -1.65. The van der Waals surface area contributed by atoms with E-state index in [1.54, 1.807) is 17.2 Å². The largest absolute Gasteiger partial charge is 0.107 e. The molecule has 0 fully saturated rings. The lowest BCUT2D eigenvalue weighted by atomic mass is 10.2. The summed E-state index contributed by atoms with van der Waals surface area (Å²) in [6, 6.07) is 0. The molecule has 0 saturated heterocycles. The first kappa shape index (κ1) is 10.3. The molecule has 0 radical (unpaired) electrons. The van der Waals surface area contributed by atoms with Crippen molar-refractivity contribution in [3.8, 4) is 0 Å². The van der Waals surface area contributed by atoms with Crippen LogP contribution in [-0.4, -0.2) is 0 Å². The van der Waals surface area contributed by atoms with Gasteiger partial charge in [-0.05, 0) is 24.2 Å². The van der Waals surface area contributed by atoms with E-state index in [9.17, 15) is 0 Å². The first-order valence-electron chi connectivity index (χ1n) is 3.52. The van der Waals surface area contributed by atoms with Crippen LogP contribution in [0.4, 0.5) is 0 Å². The highest BCUT2D eigenvalue weighted by atomic mass is 32.2. The zero-order valence-corrected chi connectivity index (χ0v) is 7.73. The fraction of sp³-hybridized carbons (Fsp3) is 0.200. The smallest absolute Gasteiger partial charge is 0.0166 e. The summed E-state index contributed by atoms with van der Waals surface area (Å²) in [5.74, 6) is 0. The summed E-state index contributed by atoms with van der Waals surface area (Å²) < 4.78 is 0. The van der Waals surface area contributed by atoms with Crippen LogP contribution in [0.5, 0.6) is 0 Å². The molecular formula is C10H14S. The molecule has 0 nitrogen and oxygen atoms in total. The van der Waals surface area contributed by atoms with Gasteiger partial charge in [0.25, 0.3) is 0 Å². The number of thioether (sulfide) groups is 1. The number of hydrogen-bond donors (Lipinski definition) is 0. The third-order valence-corrected chi connectivity index (χ3v) is 1.60. The molecule has 0 aromatic carbocycles. The number of allylic oxidation sites excluding steroid dienone is 4. The average Bonchev–Trinajstić information content (AvgIpc) is 2.01. The molecule has 0 N–H and O–H groups in total. The zero-order valence-electron chi connectivity index (χ0n) is 6.92. The second kappa shape index (κ2) is 7.42. The van der Waals surface area contributed by atoms with Crippen molar-refractivity contribution in [2.45, 2.75) is 13.3 Å². The van der Waals surface area contributed by atoms with Gasteiger partial charge < -0.3 is 0 Å². The molecule has 0 bridgehead atoms. The number of rotatable bonds is 5. The van der Waals surface area contributed by atoms with E-state index in [1.807, 2.05) is 11.5 Å². The zero-order chi connectivity index (χ0) is 8.53. The van der Waals surface area contributed by atoms with E-state index >= 15 is 0 Å². The lowest BCUT2D eigenvalue weighted by molar-refractivity contribution is 1.34. The predicted molar refractivity (Wildman–Crippen MR) is 55.5 cm³/mol. The van der Waals surface area contributed by atoms with Crippen LogP contribution in [0.1, 0.15) is 13.3 Å². The molecule has 60 valence electrons. The Labute approximate surface area is 73.4 Å². The maximum absolute atomic E-state index is 3.64. The third-order valence-electron chi connectivity index (χ3n) is 1.11.